The molecule has 0 saturated carbocycles. The summed E-state index contributed by atoms with van der Waals surface area (Å²) in [5.41, 5.74) is 10.7. The van der Waals surface area contributed by atoms with Gasteiger partial charge in [0.05, 0.1) is 15.6 Å². The summed E-state index contributed by atoms with van der Waals surface area (Å²) < 4.78 is 1.66. The predicted molar refractivity (Wildman–Crippen MR) is 115 cm³/mol. The number of carbonyl (C=O) groups is 1. The van der Waals surface area contributed by atoms with E-state index < -0.39 is 11.9 Å². The van der Waals surface area contributed by atoms with Gasteiger partial charge in [-0.25, -0.2) is 4.68 Å². The first kappa shape index (κ1) is 19.5. The molecule has 1 aliphatic rings. The Morgan fingerprint density at radius 1 is 1.07 bits per heavy atom. The average molecular weight is 428 g/mol. The van der Waals surface area contributed by atoms with Gasteiger partial charge in [-0.15, -0.1) is 5.10 Å². The number of nitrogens with zero attached hydrogens (tertiary/aromatic N) is 3. The van der Waals surface area contributed by atoms with Gasteiger partial charge < -0.3 is 11.1 Å². The lowest BCUT2D eigenvalue weighted by Crippen LogP contribution is -2.31. The van der Waals surface area contributed by atoms with Gasteiger partial charge in [0.25, 0.3) is 0 Å². The fourth-order valence-electron chi connectivity index (χ4n) is 3.46. The van der Waals surface area contributed by atoms with E-state index in [1.807, 2.05) is 31.2 Å². The Bertz CT molecular complexity index is 1180. The number of nitrogens with one attached hydrogen (secondary N) is 1. The number of nitrogens with two attached hydrogens (primary N) is 1. The van der Waals surface area contributed by atoms with Crippen LogP contribution in [0.2, 0.25) is 10.0 Å². The Kier molecular flexibility index (Phi) is 4.84. The second kappa shape index (κ2) is 7.21. The van der Waals surface area contributed by atoms with Gasteiger partial charge in [0, 0.05) is 11.3 Å². The quantitative estimate of drug-likeness (QED) is 0.636. The predicted octanol–water partition coefficient (Wildman–Crippen LogP) is 4.64. The maximum Gasteiger partial charge on any atom is 0.248 e. The van der Waals surface area contributed by atoms with Crippen LogP contribution in [-0.2, 0) is 4.79 Å². The lowest BCUT2D eigenvalue weighted by atomic mass is 9.95. The molecule has 1 amide bonds. The van der Waals surface area contributed by atoms with Crippen molar-refractivity contribution in [3.05, 3.63) is 74.4 Å². The van der Waals surface area contributed by atoms with E-state index in [0.717, 1.165) is 16.7 Å². The van der Waals surface area contributed by atoms with Gasteiger partial charge in [-0.2, -0.15) is 4.98 Å². The van der Waals surface area contributed by atoms with E-state index in [-0.39, 0.29) is 0 Å². The Morgan fingerprint density at radius 2 is 1.83 bits per heavy atom. The zero-order valence-electron chi connectivity index (χ0n) is 16.1. The van der Waals surface area contributed by atoms with Crippen LogP contribution in [0.5, 0.6) is 0 Å². The summed E-state index contributed by atoms with van der Waals surface area (Å²) in [5, 5.41) is 8.66. The van der Waals surface area contributed by atoms with Gasteiger partial charge in [0.1, 0.15) is 6.04 Å². The SMILES string of the molecule is CC1=C(C(N)=O)C(c2ccc(Cl)c(Cl)c2)n2nc(-c3ccc(C)c(C)c3)nc2N1. The highest BCUT2D eigenvalue weighted by Gasteiger charge is 2.33. The molecule has 0 radical (unpaired) electrons. The van der Waals surface area contributed by atoms with E-state index in [1.54, 1.807) is 23.7 Å². The number of hydrogen-bond donors (Lipinski definition) is 2. The van der Waals surface area contributed by atoms with Crippen LogP contribution in [0.3, 0.4) is 0 Å². The Hall–Kier alpha value is -2.83. The molecule has 1 aliphatic heterocycles. The van der Waals surface area contributed by atoms with E-state index in [9.17, 15) is 4.79 Å². The van der Waals surface area contributed by atoms with Gasteiger partial charge >= 0.3 is 0 Å². The molecule has 3 aromatic rings. The third-order valence-electron chi connectivity index (χ3n) is 5.14. The van der Waals surface area contributed by atoms with Crippen molar-refractivity contribution in [3.63, 3.8) is 0 Å². The van der Waals surface area contributed by atoms with Crippen molar-refractivity contribution >= 4 is 35.1 Å². The van der Waals surface area contributed by atoms with Gasteiger partial charge in [0.15, 0.2) is 5.82 Å². The van der Waals surface area contributed by atoms with E-state index in [0.29, 0.717) is 33.1 Å². The van der Waals surface area contributed by atoms with Crippen molar-refractivity contribution in [1.29, 1.82) is 0 Å². The summed E-state index contributed by atoms with van der Waals surface area (Å²) in [6.07, 6.45) is 0. The Labute approximate surface area is 178 Å². The first-order chi connectivity index (χ1) is 13.8. The molecular weight excluding hydrogens is 409 g/mol. The minimum Gasteiger partial charge on any atom is -0.366 e. The summed E-state index contributed by atoms with van der Waals surface area (Å²) in [6.45, 7) is 5.89. The van der Waals surface area contributed by atoms with Crippen molar-refractivity contribution in [3.8, 4) is 11.4 Å². The molecule has 148 valence electrons. The molecule has 2 aromatic carbocycles. The highest BCUT2D eigenvalue weighted by molar-refractivity contribution is 6.42. The molecule has 0 bridgehead atoms. The molecule has 3 N–H and O–H groups in total. The third kappa shape index (κ3) is 3.39. The first-order valence-corrected chi connectivity index (χ1v) is 9.78. The van der Waals surface area contributed by atoms with Crippen molar-refractivity contribution in [2.75, 3.05) is 5.32 Å². The largest absolute Gasteiger partial charge is 0.366 e. The number of fused-ring (bicyclic) bond motifs is 1. The minimum absolute atomic E-state index is 0.389. The van der Waals surface area contributed by atoms with Crippen molar-refractivity contribution in [2.24, 2.45) is 5.73 Å². The van der Waals surface area contributed by atoms with E-state index >= 15 is 0 Å². The molecule has 0 spiro atoms. The number of rotatable bonds is 3. The summed E-state index contributed by atoms with van der Waals surface area (Å²) in [5.74, 6) is 0.538. The highest BCUT2D eigenvalue weighted by Crippen LogP contribution is 2.38. The average Bonchev–Trinajstić information content (AvgIpc) is 3.08. The molecule has 2 heterocycles. The minimum atomic E-state index is -0.564. The molecular formula is C21H19Cl2N5O. The molecule has 0 fully saturated rings. The third-order valence-corrected chi connectivity index (χ3v) is 5.88. The van der Waals surface area contributed by atoms with Crippen molar-refractivity contribution in [1.82, 2.24) is 14.8 Å². The molecule has 0 saturated heterocycles. The molecule has 1 aromatic heterocycles. The second-order valence-corrected chi connectivity index (χ2v) is 7.92. The zero-order valence-corrected chi connectivity index (χ0v) is 17.6. The number of anilines is 1. The Morgan fingerprint density at radius 3 is 2.48 bits per heavy atom. The fourth-order valence-corrected chi connectivity index (χ4v) is 3.77. The second-order valence-electron chi connectivity index (χ2n) is 7.11. The lowest BCUT2D eigenvalue weighted by molar-refractivity contribution is -0.115. The van der Waals surface area contributed by atoms with Crippen LogP contribution in [0.1, 0.15) is 29.7 Å². The number of hydrogen-bond acceptors (Lipinski definition) is 4. The number of aromatic nitrogens is 3. The van der Waals surface area contributed by atoms with Crippen LogP contribution in [-0.4, -0.2) is 20.7 Å². The van der Waals surface area contributed by atoms with Crippen LogP contribution < -0.4 is 11.1 Å². The van der Waals surface area contributed by atoms with Gasteiger partial charge in [-0.3, -0.25) is 4.79 Å². The molecule has 1 unspecified atom stereocenters. The number of halogens is 2. The molecule has 6 nitrogen and oxygen atoms in total. The van der Waals surface area contributed by atoms with E-state index in [4.69, 9.17) is 34.0 Å². The monoisotopic (exact) mass is 427 g/mol. The lowest BCUT2D eigenvalue weighted by Gasteiger charge is -2.27. The van der Waals surface area contributed by atoms with Crippen LogP contribution in [0, 0.1) is 13.8 Å². The van der Waals surface area contributed by atoms with Crippen molar-refractivity contribution in [2.45, 2.75) is 26.8 Å². The van der Waals surface area contributed by atoms with E-state index in [1.165, 1.54) is 5.56 Å². The van der Waals surface area contributed by atoms with Crippen molar-refractivity contribution < 1.29 is 4.79 Å². The maximum atomic E-state index is 12.3. The van der Waals surface area contributed by atoms with Crippen LogP contribution >= 0.6 is 23.2 Å². The Balaban J connectivity index is 1.89. The summed E-state index contributed by atoms with van der Waals surface area (Å²) in [6, 6.07) is 10.7. The van der Waals surface area contributed by atoms with Crippen LogP contribution in [0.15, 0.2) is 47.7 Å². The topological polar surface area (TPSA) is 85.8 Å². The molecule has 4 rings (SSSR count). The summed E-state index contributed by atoms with van der Waals surface area (Å²) >= 11 is 12.3. The normalized spacial score (nSPS) is 15.8. The molecule has 29 heavy (non-hydrogen) atoms. The number of primary amides is 1. The number of aryl methyl sites for hydroxylation is 2. The van der Waals surface area contributed by atoms with Gasteiger partial charge in [-0.1, -0.05) is 41.4 Å². The van der Waals surface area contributed by atoms with E-state index in [2.05, 4.69) is 17.2 Å². The van der Waals surface area contributed by atoms with Crippen LogP contribution in [0.4, 0.5) is 5.95 Å². The first-order valence-electron chi connectivity index (χ1n) is 9.03. The molecule has 8 heteroatoms. The maximum absolute atomic E-state index is 12.3. The van der Waals surface area contributed by atoms with Gasteiger partial charge in [-0.05, 0) is 55.7 Å². The number of amides is 1. The fraction of sp³-hybridized carbons (Fsp3) is 0.190. The number of allylic oxidation sites excluding steroid dienone is 1. The summed E-state index contributed by atoms with van der Waals surface area (Å²) in [7, 11) is 0. The van der Waals surface area contributed by atoms with Gasteiger partial charge in [0.2, 0.25) is 11.9 Å². The highest BCUT2D eigenvalue weighted by atomic mass is 35.5. The number of benzene rings is 2. The summed E-state index contributed by atoms with van der Waals surface area (Å²) in [4.78, 5) is 16.9. The number of carbonyl (C=O) groups excluding carboxylic acids is 1. The van der Waals surface area contributed by atoms with Crippen LogP contribution in [0.25, 0.3) is 11.4 Å². The standard InChI is InChI=1S/C21H19Cl2N5O/c1-10-4-5-14(8-11(10)2)20-26-21-25-12(3)17(19(24)29)18(28(21)27-20)13-6-7-15(22)16(23)9-13/h4-9,18H,1-3H3,(H2,24,29)(H,25,26,27). The molecule has 1 atom stereocenters. The zero-order chi connectivity index (χ0) is 20.9. The molecule has 0 aliphatic carbocycles. The smallest absolute Gasteiger partial charge is 0.248 e.